The van der Waals surface area contributed by atoms with E-state index < -0.39 is 0 Å². The molecular weight excluding hydrogens is 481 g/mol. The summed E-state index contributed by atoms with van der Waals surface area (Å²) in [5, 5.41) is 1.53. The maximum Gasteiger partial charge on any atom is 0.126 e. The number of ether oxygens (including phenoxy) is 1. The molecular formula is C35H50NOP. The van der Waals surface area contributed by atoms with E-state index in [-0.39, 0.29) is 10.6 Å². The largest absolute Gasteiger partial charge is 0.488 e. The van der Waals surface area contributed by atoms with E-state index in [9.17, 15) is 0 Å². The summed E-state index contributed by atoms with van der Waals surface area (Å²) < 4.78 is 6.76. The minimum Gasteiger partial charge on any atom is -0.488 e. The van der Waals surface area contributed by atoms with Crippen LogP contribution in [0.5, 0.6) is 5.75 Å². The highest BCUT2D eigenvalue weighted by Crippen LogP contribution is 2.53. The summed E-state index contributed by atoms with van der Waals surface area (Å²) >= 11 is 0. The van der Waals surface area contributed by atoms with Crippen molar-refractivity contribution in [2.75, 3.05) is 18.0 Å². The molecule has 0 aromatic heterocycles. The zero-order valence-electron chi connectivity index (χ0n) is 25.4. The van der Waals surface area contributed by atoms with Crippen LogP contribution in [0.1, 0.15) is 95.5 Å². The highest BCUT2D eigenvalue weighted by Gasteiger charge is 2.36. The molecule has 2 unspecified atom stereocenters. The lowest BCUT2D eigenvalue weighted by Crippen LogP contribution is -2.30. The average Bonchev–Trinajstić information content (AvgIpc) is 2.89. The molecule has 3 aromatic rings. The summed E-state index contributed by atoms with van der Waals surface area (Å²) in [4.78, 5) is 2.52. The molecule has 0 fully saturated rings. The third-order valence-corrected chi connectivity index (χ3v) is 10.1. The van der Waals surface area contributed by atoms with E-state index in [0.29, 0.717) is 15.2 Å². The van der Waals surface area contributed by atoms with Crippen molar-refractivity contribution in [1.29, 1.82) is 0 Å². The Balaban J connectivity index is 2.23. The van der Waals surface area contributed by atoms with Gasteiger partial charge in [-0.05, 0) is 79.6 Å². The summed E-state index contributed by atoms with van der Waals surface area (Å²) in [7, 11) is 0.668. The van der Waals surface area contributed by atoms with E-state index in [1.807, 2.05) is 0 Å². The Morgan fingerprint density at radius 2 is 1.50 bits per heavy atom. The van der Waals surface area contributed by atoms with Gasteiger partial charge in [-0.3, -0.25) is 0 Å². The average molecular weight is 532 g/mol. The number of rotatable bonds is 12. The van der Waals surface area contributed by atoms with E-state index in [1.165, 1.54) is 38.8 Å². The first-order valence-electron chi connectivity index (χ1n) is 14.5. The van der Waals surface area contributed by atoms with E-state index in [1.54, 1.807) is 0 Å². The molecule has 3 aromatic carbocycles. The van der Waals surface area contributed by atoms with Crippen LogP contribution in [0.2, 0.25) is 0 Å². The third kappa shape index (κ3) is 6.81. The number of nitrogens with zero attached hydrogens (tertiary/aromatic N) is 1. The molecule has 0 spiro atoms. The van der Waals surface area contributed by atoms with Crippen LogP contribution in [0, 0.1) is 13.8 Å². The van der Waals surface area contributed by atoms with Gasteiger partial charge in [0.15, 0.2) is 0 Å². The predicted octanol–water partition coefficient (Wildman–Crippen LogP) is 9.44. The van der Waals surface area contributed by atoms with Crippen LogP contribution in [-0.4, -0.2) is 13.1 Å². The van der Waals surface area contributed by atoms with E-state index in [2.05, 4.69) is 128 Å². The third-order valence-electron chi connectivity index (χ3n) is 7.88. The van der Waals surface area contributed by atoms with Gasteiger partial charge < -0.3 is 9.64 Å². The first-order valence-corrected chi connectivity index (χ1v) is 15.5. The molecule has 0 saturated heterocycles. The standard InChI is InChI=1S/C35H50NOP/c1-10-22-35(11-2,38-33-26(5)18-17-21-31(33)36(12-3)13-4)30-24-29(34(7,8)9)23-27(6)32(30)37-25-28-19-15-14-16-20-28/h14-21,23-24,38H,10-13,22,25H2,1-9H3. The Labute approximate surface area is 235 Å². The van der Waals surface area contributed by atoms with Gasteiger partial charge in [-0.15, -0.1) is 0 Å². The molecule has 0 amide bonds. The Kier molecular flexibility index (Phi) is 10.5. The van der Waals surface area contributed by atoms with Crippen molar-refractivity contribution < 1.29 is 4.74 Å². The number of benzene rings is 3. The zero-order valence-corrected chi connectivity index (χ0v) is 26.4. The summed E-state index contributed by atoms with van der Waals surface area (Å²) in [6.07, 6.45) is 3.37. The first-order chi connectivity index (χ1) is 18.1. The Hall–Kier alpha value is -2.31. The highest BCUT2D eigenvalue weighted by molar-refractivity contribution is 7.49. The Bertz CT molecular complexity index is 1180. The SMILES string of the molecule is CCCC(CC)(Pc1c(C)cccc1N(CC)CC)c1cc(C(C)(C)C)cc(C)c1OCc1ccccc1. The molecule has 38 heavy (non-hydrogen) atoms. The van der Waals surface area contributed by atoms with Gasteiger partial charge in [0.05, 0.1) is 0 Å². The van der Waals surface area contributed by atoms with Gasteiger partial charge in [-0.2, -0.15) is 0 Å². The van der Waals surface area contributed by atoms with Gasteiger partial charge in [-0.1, -0.05) is 104 Å². The molecule has 0 saturated carbocycles. The lowest BCUT2D eigenvalue weighted by Gasteiger charge is -2.38. The monoisotopic (exact) mass is 531 g/mol. The van der Waals surface area contributed by atoms with E-state index >= 15 is 0 Å². The van der Waals surface area contributed by atoms with Gasteiger partial charge in [-0.25, -0.2) is 0 Å². The summed E-state index contributed by atoms with van der Waals surface area (Å²) in [6.45, 7) is 23.4. The molecule has 2 atom stereocenters. The van der Waals surface area contributed by atoms with Crippen molar-refractivity contribution in [2.45, 2.75) is 98.8 Å². The van der Waals surface area contributed by atoms with Crippen LogP contribution in [0.25, 0.3) is 0 Å². The fourth-order valence-corrected chi connectivity index (χ4v) is 7.51. The predicted molar refractivity (Wildman–Crippen MR) is 170 cm³/mol. The minimum absolute atomic E-state index is 0.0147. The molecule has 0 bridgehead atoms. The molecule has 3 rings (SSSR count). The van der Waals surface area contributed by atoms with Gasteiger partial charge >= 0.3 is 0 Å². The maximum absolute atomic E-state index is 6.76. The lowest BCUT2D eigenvalue weighted by molar-refractivity contribution is 0.295. The molecule has 2 nitrogen and oxygen atoms in total. The second kappa shape index (κ2) is 13.2. The normalized spacial score (nSPS) is 13.6. The van der Waals surface area contributed by atoms with Crippen molar-refractivity contribution in [1.82, 2.24) is 0 Å². The maximum atomic E-state index is 6.76. The highest BCUT2D eigenvalue weighted by atomic mass is 31.1. The summed E-state index contributed by atoms with van der Waals surface area (Å²) in [5.41, 5.74) is 8.12. The van der Waals surface area contributed by atoms with E-state index in [4.69, 9.17) is 4.74 Å². The number of aryl methyl sites for hydroxylation is 2. The van der Waals surface area contributed by atoms with Gasteiger partial charge in [0.2, 0.25) is 0 Å². The van der Waals surface area contributed by atoms with Gasteiger partial charge in [0.1, 0.15) is 12.4 Å². The Morgan fingerprint density at radius 3 is 2.08 bits per heavy atom. The molecule has 0 aliphatic rings. The molecule has 0 heterocycles. The van der Waals surface area contributed by atoms with Crippen LogP contribution in [0.3, 0.4) is 0 Å². The smallest absolute Gasteiger partial charge is 0.126 e. The summed E-state index contributed by atoms with van der Waals surface area (Å²) in [6, 6.07) is 22.3. The van der Waals surface area contributed by atoms with Crippen LogP contribution >= 0.6 is 8.58 Å². The molecule has 3 heteroatoms. The summed E-state index contributed by atoms with van der Waals surface area (Å²) in [5.74, 6) is 1.09. The molecule has 0 radical (unpaired) electrons. The molecule has 0 aliphatic heterocycles. The van der Waals surface area contributed by atoms with Crippen LogP contribution in [0.15, 0.2) is 60.7 Å². The van der Waals surface area contributed by atoms with Gasteiger partial charge in [0.25, 0.3) is 0 Å². The van der Waals surface area contributed by atoms with Crippen molar-refractivity contribution in [3.8, 4) is 5.75 Å². The Morgan fingerprint density at radius 1 is 0.816 bits per heavy atom. The van der Waals surface area contributed by atoms with Crippen LogP contribution < -0.4 is 14.9 Å². The number of anilines is 1. The van der Waals surface area contributed by atoms with Gasteiger partial charge in [0, 0.05) is 29.5 Å². The first kappa shape index (κ1) is 30.2. The molecule has 0 aliphatic carbocycles. The number of hydrogen-bond acceptors (Lipinski definition) is 2. The van der Waals surface area contributed by atoms with Crippen LogP contribution in [0.4, 0.5) is 5.69 Å². The van der Waals surface area contributed by atoms with Crippen LogP contribution in [-0.2, 0) is 17.2 Å². The molecule has 0 N–H and O–H groups in total. The number of hydrogen-bond donors (Lipinski definition) is 0. The second-order valence-electron chi connectivity index (χ2n) is 11.6. The van der Waals surface area contributed by atoms with Crippen molar-refractivity contribution in [3.63, 3.8) is 0 Å². The topological polar surface area (TPSA) is 12.5 Å². The fraction of sp³-hybridized carbons (Fsp3) is 0.486. The van der Waals surface area contributed by atoms with Crippen molar-refractivity contribution in [3.05, 3.63) is 88.5 Å². The zero-order chi connectivity index (χ0) is 27.9. The molecule has 206 valence electrons. The quantitative estimate of drug-likeness (QED) is 0.216. The second-order valence-corrected chi connectivity index (χ2v) is 13.4. The fourth-order valence-electron chi connectivity index (χ4n) is 5.51. The van der Waals surface area contributed by atoms with Crippen molar-refractivity contribution in [2.24, 2.45) is 0 Å². The lowest BCUT2D eigenvalue weighted by atomic mass is 9.81. The minimum atomic E-state index is 0.0147. The van der Waals surface area contributed by atoms with E-state index in [0.717, 1.165) is 38.1 Å². The van der Waals surface area contributed by atoms with Crippen molar-refractivity contribution >= 4 is 19.6 Å².